The second-order valence-electron chi connectivity index (χ2n) is 7.43. The maximum Gasteiger partial charge on any atom is 0.241 e. The molecule has 0 radical (unpaired) electrons. The number of carbonyl (C=O) groups excluding carboxylic acids is 2. The van der Waals surface area contributed by atoms with Crippen molar-refractivity contribution in [2.24, 2.45) is 0 Å². The molecule has 7 heteroatoms. The molecule has 2 aromatic carbocycles. The van der Waals surface area contributed by atoms with Gasteiger partial charge in [-0.3, -0.25) is 9.59 Å². The summed E-state index contributed by atoms with van der Waals surface area (Å²) in [5.41, 5.74) is 1.49. The molecule has 4 N–H and O–H groups in total. The highest BCUT2D eigenvalue weighted by Crippen LogP contribution is 2.25. The maximum absolute atomic E-state index is 12.1. The molecule has 0 spiro atoms. The van der Waals surface area contributed by atoms with Crippen molar-refractivity contribution in [2.75, 3.05) is 23.7 Å². The Morgan fingerprint density at radius 2 is 1.14 bits per heavy atom. The van der Waals surface area contributed by atoms with Gasteiger partial charge >= 0.3 is 0 Å². The summed E-state index contributed by atoms with van der Waals surface area (Å²) < 4.78 is 5.85. The molecule has 2 atom stereocenters. The van der Waals surface area contributed by atoms with E-state index < -0.39 is 0 Å². The molecule has 7 nitrogen and oxygen atoms in total. The van der Waals surface area contributed by atoms with Crippen LogP contribution >= 0.6 is 0 Å². The van der Waals surface area contributed by atoms with Crippen molar-refractivity contribution < 1.29 is 14.3 Å². The first kappa shape index (κ1) is 19.4. The third kappa shape index (κ3) is 5.13. The van der Waals surface area contributed by atoms with E-state index in [-0.39, 0.29) is 23.9 Å². The van der Waals surface area contributed by atoms with Gasteiger partial charge in [-0.15, -0.1) is 0 Å². The van der Waals surface area contributed by atoms with Crippen LogP contribution in [0, 0.1) is 0 Å². The molecule has 2 saturated heterocycles. The molecular weight excluding hydrogens is 368 g/mol. The van der Waals surface area contributed by atoms with Crippen molar-refractivity contribution in [3.8, 4) is 11.5 Å². The number of hydrogen-bond donors (Lipinski definition) is 4. The molecule has 152 valence electrons. The van der Waals surface area contributed by atoms with E-state index in [2.05, 4.69) is 21.3 Å². The Kier molecular flexibility index (Phi) is 6.07. The van der Waals surface area contributed by atoms with Gasteiger partial charge in [-0.2, -0.15) is 0 Å². The summed E-state index contributed by atoms with van der Waals surface area (Å²) in [6.07, 6.45) is 3.82. The Morgan fingerprint density at radius 1 is 0.724 bits per heavy atom. The van der Waals surface area contributed by atoms with Crippen LogP contribution in [-0.4, -0.2) is 37.0 Å². The molecular formula is C22H26N4O3. The normalized spacial score (nSPS) is 21.0. The van der Waals surface area contributed by atoms with E-state index in [1.165, 1.54) is 0 Å². The van der Waals surface area contributed by atoms with Crippen molar-refractivity contribution in [3.63, 3.8) is 0 Å². The molecule has 0 aromatic heterocycles. The van der Waals surface area contributed by atoms with Gasteiger partial charge in [0.05, 0.1) is 12.1 Å². The fraction of sp³-hybridized carbons (Fsp3) is 0.364. The third-order valence-corrected chi connectivity index (χ3v) is 5.23. The van der Waals surface area contributed by atoms with E-state index in [0.717, 1.165) is 50.1 Å². The molecule has 4 rings (SSSR count). The summed E-state index contributed by atoms with van der Waals surface area (Å²) in [5.74, 6) is 1.35. The van der Waals surface area contributed by atoms with Crippen LogP contribution in [0.4, 0.5) is 11.4 Å². The Hall–Kier alpha value is -2.90. The molecule has 2 aliphatic heterocycles. The van der Waals surface area contributed by atoms with E-state index in [4.69, 9.17) is 4.74 Å². The number of amides is 2. The zero-order valence-electron chi connectivity index (χ0n) is 16.2. The first-order valence-electron chi connectivity index (χ1n) is 10.1. The topological polar surface area (TPSA) is 91.5 Å². The summed E-state index contributed by atoms with van der Waals surface area (Å²) in [7, 11) is 0. The van der Waals surface area contributed by atoms with Gasteiger partial charge in [0.25, 0.3) is 0 Å². The number of carbonyl (C=O) groups is 2. The van der Waals surface area contributed by atoms with Crippen molar-refractivity contribution in [2.45, 2.75) is 37.8 Å². The number of anilines is 2. The predicted octanol–water partition coefficient (Wildman–Crippen LogP) is 2.86. The summed E-state index contributed by atoms with van der Waals surface area (Å²) in [5, 5.41) is 12.2. The zero-order valence-corrected chi connectivity index (χ0v) is 16.2. The largest absolute Gasteiger partial charge is 0.457 e. The van der Waals surface area contributed by atoms with E-state index >= 15 is 0 Å². The SMILES string of the molecule is O=C(Nc1ccc(Oc2ccc(NC(=O)[C@H]3CCCN3)cc2)cc1)[C@@H]1CCCN1. The van der Waals surface area contributed by atoms with Crippen LogP contribution < -0.4 is 26.0 Å². The van der Waals surface area contributed by atoms with Gasteiger partial charge in [-0.25, -0.2) is 0 Å². The van der Waals surface area contributed by atoms with Crippen LogP contribution in [0.5, 0.6) is 11.5 Å². The van der Waals surface area contributed by atoms with Crippen LogP contribution in [0.25, 0.3) is 0 Å². The van der Waals surface area contributed by atoms with E-state index in [0.29, 0.717) is 11.5 Å². The minimum absolute atomic E-state index is 0.00149. The Bertz CT molecular complexity index is 768. The highest BCUT2D eigenvalue weighted by molar-refractivity contribution is 5.95. The molecule has 0 saturated carbocycles. The van der Waals surface area contributed by atoms with Crippen LogP contribution in [0.15, 0.2) is 48.5 Å². The zero-order chi connectivity index (χ0) is 20.1. The van der Waals surface area contributed by atoms with Crippen molar-refractivity contribution in [3.05, 3.63) is 48.5 Å². The van der Waals surface area contributed by atoms with Gasteiger partial charge in [0, 0.05) is 11.4 Å². The van der Waals surface area contributed by atoms with Gasteiger partial charge < -0.3 is 26.0 Å². The minimum atomic E-state index is -0.102. The van der Waals surface area contributed by atoms with Gasteiger partial charge in [0.15, 0.2) is 0 Å². The number of benzene rings is 2. The van der Waals surface area contributed by atoms with Crippen molar-refractivity contribution in [1.82, 2.24) is 10.6 Å². The third-order valence-electron chi connectivity index (χ3n) is 5.23. The summed E-state index contributed by atoms with van der Waals surface area (Å²) in [6, 6.07) is 14.4. The summed E-state index contributed by atoms with van der Waals surface area (Å²) in [6.45, 7) is 1.79. The first-order chi connectivity index (χ1) is 14.2. The van der Waals surface area contributed by atoms with Gasteiger partial charge in [-0.05, 0) is 87.3 Å². The van der Waals surface area contributed by atoms with E-state index in [1.807, 2.05) is 48.5 Å². The number of ether oxygens (including phenoxy) is 1. The fourth-order valence-electron chi connectivity index (χ4n) is 3.62. The quantitative estimate of drug-likeness (QED) is 0.605. The molecule has 2 heterocycles. The van der Waals surface area contributed by atoms with Gasteiger partial charge in [0.1, 0.15) is 11.5 Å². The lowest BCUT2D eigenvalue weighted by atomic mass is 10.2. The van der Waals surface area contributed by atoms with Crippen LogP contribution in [0.2, 0.25) is 0 Å². The molecule has 2 aliphatic rings. The van der Waals surface area contributed by atoms with Crippen LogP contribution in [0.3, 0.4) is 0 Å². The minimum Gasteiger partial charge on any atom is -0.457 e. The number of nitrogens with one attached hydrogen (secondary N) is 4. The average molecular weight is 394 g/mol. The summed E-state index contributed by atoms with van der Waals surface area (Å²) >= 11 is 0. The molecule has 2 fully saturated rings. The number of hydrogen-bond acceptors (Lipinski definition) is 5. The van der Waals surface area contributed by atoms with E-state index in [9.17, 15) is 9.59 Å². The standard InChI is InChI=1S/C22H26N4O3/c27-21(19-3-1-13-23-19)25-15-5-9-17(10-6-15)29-18-11-7-16(8-12-18)26-22(28)20-4-2-14-24-20/h5-12,19-20,23-24H,1-4,13-14H2,(H,25,27)(H,26,28)/t19-,20+. The fourth-order valence-corrected chi connectivity index (χ4v) is 3.62. The van der Waals surface area contributed by atoms with Gasteiger partial charge in [0.2, 0.25) is 11.8 Å². The lowest BCUT2D eigenvalue weighted by Crippen LogP contribution is -2.35. The molecule has 2 aromatic rings. The highest BCUT2D eigenvalue weighted by atomic mass is 16.5. The average Bonchev–Trinajstić information content (AvgIpc) is 3.45. The van der Waals surface area contributed by atoms with Crippen molar-refractivity contribution in [1.29, 1.82) is 0 Å². The molecule has 0 bridgehead atoms. The molecule has 0 unspecified atom stereocenters. The van der Waals surface area contributed by atoms with E-state index in [1.54, 1.807) is 0 Å². The smallest absolute Gasteiger partial charge is 0.241 e. The second kappa shape index (κ2) is 9.07. The Labute approximate surface area is 170 Å². The first-order valence-corrected chi connectivity index (χ1v) is 10.1. The Balaban J connectivity index is 1.29. The molecule has 0 aliphatic carbocycles. The summed E-state index contributed by atoms with van der Waals surface area (Å²) in [4.78, 5) is 24.3. The highest BCUT2D eigenvalue weighted by Gasteiger charge is 2.22. The van der Waals surface area contributed by atoms with Crippen molar-refractivity contribution >= 4 is 23.2 Å². The monoisotopic (exact) mass is 394 g/mol. The van der Waals surface area contributed by atoms with Gasteiger partial charge in [-0.1, -0.05) is 0 Å². The Morgan fingerprint density at radius 3 is 1.48 bits per heavy atom. The molecule has 29 heavy (non-hydrogen) atoms. The van der Waals surface area contributed by atoms with Crippen LogP contribution in [0.1, 0.15) is 25.7 Å². The second-order valence-corrected chi connectivity index (χ2v) is 7.43. The lowest BCUT2D eigenvalue weighted by molar-refractivity contribution is -0.118. The molecule has 2 amide bonds. The number of rotatable bonds is 6. The van der Waals surface area contributed by atoms with Crippen LogP contribution in [-0.2, 0) is 9.59 Å². The predicted molar refractivity (Wildman–Crippen MR) is 112 cm³/mol. The lowest BCUT2D eigenvalue weighted by Gasteiger charge is -2.13. The maximum atomic E-state index is 12.1.